The van der Waals surface area contributed by atoms with Crippen molar-refractivity contribution in [3.8, 4) is 22.6 Å². The Bertz CT molecular complexity index is 1820. The number of hydrazone groups is 1. The third kappa shape index (κ3) is 3.80. The fourth-order valence-corrected chi connectivity index (χ4v) is 5.52. The fourth-order valence-electron chi connectivity index (χ4n) is 5.52. The second-order valence-electron chi connectivity index (χ2n) is 9.88. The molecule has 2 aliphatic heterocycles. The molecule has 0 radical (unpaired) electrons. The molecule has 4 aromatic carbocycles. The molecule has 1 aliphatic carbocycles. The molecule has 2 amide bonds. The van der Waals surface area contributed by atoms with Crippen molar-refractivity contribution in [1.29, 1.82) is 0 Å². The van der Waals surface area contributed by atoms with Gasteiger partial charge < -0.3 is 9.84 Å². The van der Waals surface area contributed by atoms with Crippen LogP contribution >= 0.6 is 0 Å². The molecule has 0 fully saturated rings. The maximum atomic E-state index is 14.0. The smallest absolute Gasteiger partial charge is 0.288 e. The Hall–Kier alpha value is -5.90. The standard InChI is InChI=1S/C32H24N6O4/c1-42-27-18-19(15-16-26(27)39)17-25-29(40)36-38(28(33-25)20-9-3-2-4-10-20)31-34-30(41)32(37-35-31)23-13-7-5-11-21(23)22-12-6-8-14-24(22)32/h2-18,37,39H,1H3,(H,36,40)(H,34,35,41)/b25-17-. The van der Waals surface area contributed by atoms with E-state index < -0.39 is 11.4 Å². The molecule has 7 rings (SSSR count). The summed E-state index contributed by atoms with van der Waals surface area (Å²) < 4.78 is 5.20. The van der Waals surface area contributed by atoms with Crippen molar-refractivity contribution in [2.45, 2.75) is 5.54 Å². The van der Waals surface area contributed by atoms with E-state index in [0.29, 0.717) is 17.0 Å². The largest absolute Gasteiger partial charge is 0.504 e. The summed E-state index contributed by atoms with van der Waals surface area (Å²) in [5, 5.41) is 18.8. The Morgan fingerprint density at radius 2 is 1.55 bits per heavy atom. The fraction of sp³-hybridized carbons (Fsp3) is 0.0625. The van der Waals surface area contributed by atoms with E-state index in [1.165, 1.54) is 18.2 Å². The van der Waals surface area contributed by atoms with Gasteiger partial charge >= 0.3 is 0 Å². The molecule has 3 aliphatic rings. The average Bonchev–Trinajstić information content (AvgIpc) is 3.31. The molecule has 0 saturated heterocycles. The summed E-state index contributed by atoms with van der Waals surface area (Å²) in [5.41, 5.74) is 9.60. The first-order valence-corrected chi connectivity index (χ1v) is 13.2. The van der Waals surface area contributed by atoms with E-state index in [2.05, 4.69) is 26.3 Å². The zero-order valence-corrected chi connectivity index (χ0v) is 22.3. The number of phenols is 1. The number of aromatic hydroxyl groups is 1. The SMILES string of the molecule is COc1cc(/C=C2\N=C(c3ccccc3)N(C3=NNC4(C(=O)N3)c3ccccc3-c3ccccc34)NC2=O)ccc1O. The Labute approximate surface area is 240 Å². The van der Waals surface area contributed by atoms with Crippen LogP contribution in [0.3, 0.4) is 0 Å². The quantitative estimate of drug-likeness (QED) is 0.286. The summed E-state index contributed by atoms with van der Waals surface area (Å²) in [6.07, 6.45) is 1.58. The number of fused-ring (bicyclic) bond motifs is 5. The molecule has 4 N–H and O–H groups in total. The van der Waals surface area contributed by atoms with Gasteiger partial charge in [0.25, 0.3) is 11.8 Å². The number of guanidine groups is 1. The third-order valence-corrected chi connectivity index (χ3v) is 7.48. The van der Waals surface area contributed by atoms with Gasteiger partial charge in [-0.1, -0.05) is 84.9 Å². The monoisotopic (exact) mass is 556 g/mol. The minimum atomic E-state index is -1.23. The first kappa shape index (κ1) is 25.1. The number of amidine groups is 1. The Morgan fingerprint density at radius 3 is 2.21 bits per heavy atom. The first-order valence-electron chi connectivity index (χ1n) is 13.2. The Kier molecular flexibility index (Phi) is 5.75. The number of ether oxygens (including phenoxy) is 1. The molecular weight excluding hydrogens is 532 g/mol. The molecule has 0 atom stereocenters. The summed E-state index contributed by atoms with van der Waals surface area (Å²) in [6, 6.07) is 29.4. The van der Waals surface area contributed by atoms with E-state index in [-0.39, 0.29) is 29.1 Å². The minimum Gasteiger partial charge on any atom is -0.504 e. The van der Waals surface area contributed by atoms with Gasteiger partial charge in [0.05, 0.1) is 7.11 Å². The molecule has 10 nitrogen and oxygen atoms in total. The van der Waals surface area contributed by atoms with Crippen LogP contribution in [0.5, 0.6) is 11.5 Å². The van der Waals surface area contributed by atoms with Crippen LogP contribution < -0.4 is 20.9 Å². The van der Waals surface area contributed by atoms with E-state index in [1.807, 2.05) is 78.9 Å². The number of aliphatic imine (C=N–C) groups is 1. The molecule has 42 heavy (non-hydrogen) atoms. The molecular formula is C32H24N6O4. The van der Waals surface area contributed by atoms with Crippen LogP contribution in [-0.2, 0) is 15.1 Å². The molecule has 206 valence electrons. The molecule has 0 unspecified atom stereocenters. The van der Waals surface area contributed by atoms with Crippen LogP contribution in [0.1, 0.15) is 22.3 Å². The Morgan fingerprint density at radius 1 is 0.881 bits per heavy atom. The summed E-state index contributed by atoms with van der Waals surface area (Å²) in [7, 11) is 1.45. The molecule has 0 aromatic heterocycles. The van der Waals surface area contributed by atoms with Crippen molar-refractivity contribution in [1.82, 2.24) is 21.2 Å². The Balaban J connectivity index is 1.30. The summed E-state index contributed by atoms with van der Waals surface area (Å²) in [6.45, 7) is 0. The third-order valence-electron chi connectivity index (χ3n) is 7.48. The average molecular weight is 557 g/mol. The number of carbonyl (C=O) groups excluding carboxylic acids is 2. The number of hydrogen-bond donors (Lipinski definition) is 4. The highest BCUT2D eigenvalue weighted by Gasteiger charge is 2.52. The van der Waals surface area contributed by atoms with Gasteiger partial charge in [0.15, 0.2) is 22.9 Å². The molecule has 10 heteroatoms. The number of benzene rings is 4. The van der Waals surface area contributed by atoms with Crippen LogP contribution in [-0.4, -0.2) is 40.8 Å². The number of hydrazine groups is 1. The van der Waals surface area contributed by atoms with Crippen molar-refractivity contribution in [2.75, 3.05) is 7.11 Å². The van der Waals surface area contributed by atoms with Crippen molar-refractivity contribution >= 4 is 29.7 Å². The lowest BCUT2D eigenvalue weighted by molar-refractivity contribution is -0.126. The molecule has 1 spiro atoms. The van der Waals surface area contributed by atoms with Crippen molar-refractivity contribution in [2.24, 2.45) is 10.1 Å². The minimum absolute atomic E-state index is 0.0174. The predicted molar refractivity (Wildman–Crippen MR) is 157 cm³/mol. The second kappa shape index (κ2) is 9.63. The van der Waals surface area contributed by atoms with Gasteiger partial charge in [0, 0.05) is 16.7 Å². The number of rotatable bonds is 3. The van der Waals surface area contributed by atoms with Gasteiger partial charge in [-0.3, -0.25) is 25.8 Å². The van der Waals surface area contributed by atoms with E-state index in [9.17, 15) is 14.7 Å². The number of phenolic OH excluding ortho intramolecular Hbond substituents is 1. The number of hydrogen-bond acceptors (Lipinski definition) is 8. The van der Waals surface area contributed by atoms with Crippen LogP contribution in [0, 0.1) is 0 Å². The second-order valence-corrected chi connectivity index (χ2v) is 9.88. The van der Waals surface area contributed by atoms with Gasteiger partial charge in [0.2, 0.25) is 5.96 Å². The van der Waals surface area contributed by atoms with Gasteiger partial charge in [-0.15, -0.1) is 5.10 Å². The zero-order valence-electron chi connectivity index (χ0n) is 22.3. The number of amides is 2. The first-order chi connectivity index (χ1) is 20.5. The topological polar surface area (TPSA) is 128 Å². The normalized spacial score (nSPS) is 17.5. The van der Waals surface area contributed by atoms with Crippen molar-refractivity contribution in [3.63, 3.8) is 0 Å². The highest BCUT2D eigenvalue weighted by Crippen LogP contribution is 2.48. The van der Waals surface area contributed by atoms with Crippen LogP contribution in [0.2, 0.25) is 0 Å². The lowest BCUT2D eigenvalue weighted by Gasteiger charge is -2.38. The van der Waals surface area contributed by atoms with Gasteiger partial charge in [0.1, 0.15) is 5.70 Å². The van der Waals surface area contributed by atoms with E-state index in [1.54, 1.807) is 18.2 Å². The lowest BCUT2D eigenvalue weighted by atomic mass is 9.86. The van der Waals surface area contributed by atoms with Gasteiger partial charge in [-0.05, 0) is 34.9 Å². The number of nitrogens with zero attached hydrogens (tertiary/aromatic N) is 3. The number of methoxy groups -OCH3 is 1. The maximum Gasteiger partial charge on any atom is 0.288 e. The molecule has 4 aromatic rings. The number of nitrogens with one attached hydrogen (secondary N) is 3. The van der Waals surface area contributed by atoms with E-state index >= 15 is 0 Å². The zero-order chi connectivity index (χ0) is 28.8. The summed E-state index contributed by atoms with van der Waals surface area (Å²) >= 11 is 0. The van der Waals surface area contributed by atoms with Crippen LogP contribution in [0.15, 0.2) is 113 Å². The van der Waals surface area contributed by atoms with Crippen LogP contribution in [0.25, 0.3) is 17.2 Å². The summed E-state index contributed by atoms with van der Waals surface area (Å²) in [5.74, 6) is -0.204. The molecule has 0 saturated carbocycles. The highest BCUT2D eigenvalue weighted by atomic mass is 16.5. The van der Waals surface area contributed by atoms with Crippen molar-refractivity contribution < 1.29 is 19.4 Å². The molecule has 0 bridgehead atoms. The van der Waals surface area contributed by atoms with Gasteiger partial charge in [-0.25, -0.2) is 4.99 Å². The van der Waals surface area contributed by atoms with Gasteiger partial charge in [-0.2, -0.15) is 5.01 Å². The lowest BCUT2D eigenvalue weighted by Crippen LogP contribution is -2.65. The summed E-state index contributed by atoms with van der Waals surface area (Å²) in [4.78, 5) is 32.0. The van der Waals surface area contributed by atoms with E-state index in [0.717, 1.165) is 22.3 Å². The highest BCUT2D eigenvalue weighted by molar-refractivity contribution is 6.19. The van der Waals surface area contributed by atoms with E-state index in [4.69, 9.17) is 4.74 Å². The number of carbonyl (C=O) groups is 2. The maximum absolute atomic E-state index is 14.0. The molecule has 2 heterocycles. The predicted octanol–water partition coefficient (Wildman–Crippen LogP) is 3.45. The van der Waals surface area contributed by atoms with Crippen LogP contribution in [0.4, 0.5) is 0 Å². The van der Waals surface area contributed by atoms with Crippen molar-refractivity contribution in [3.05, 3.63) is 125 Å².